The quantitative estimate of drug-likeness (QED) is 0.317. The van der Waals surface area contributed by atoms with Crippen LogP contribution in [0.4, 0.5) is 0 Å². The number of aromatic nitrogens is 3. The number of rotatable bonds is 11. The number of benzene rings is 1. The molecular formula is C23H27N3O10. The molecule has 2 aromatic rings. The lowest BCUT2D eigenvalue weighted by molar-refractivity contribution is -0.203. The van der Waals surface area contributed by atoms with Gasteiger partial charge in [0.2, 0.25) is 0 Å². The summed E-state index contributed by atoms with van der Waals surface area (Å²) in [5, 5.41) is 8.48. The van der Waals surface area contributed by atoms with E-state index in [4.69, 9.17) is 23.7 Å². The van der Waals surface area contributed by atoms with Crippen molar-refractivity contribution in [3.05, 3.63) is 42.2 Å². The Labute approximate surface area is 206 Å². The summed E-state index contributed by atoms with van der Waals surface area (Å²) in [4.78, 5) is 60.5. The third-order valence-electron chi connectivity index (χ3n) is 4.44. The third-order valence-corrected chi connectivity index (χ3v) is 4.44. The molecule has 2 rings (SSSR count). The summed E-state index contributed by atoms with van der Waals surface area (Å²) >= 11 is 0. The first-order valence-electron chi connectivity index (χ1n) is 10.8. The highest BCUT2D eigenvalue weighted by atomic mass is 16.6. The van der Waals surface area contributed by atoms with Gasteiger partial charge in [0, 0.05) is 34.6 Å². The zero-order valence-electron chi connectivity index (χ0n) is 20.4. The molecule has 36 heavy (non-hydrogen) atoms. The average Bonchev–Trinajstić information content (AvgIpc) is 3.27. The Hall–Kier alpha value is -4.29. The van der Waals surface area contributed by atoms with E-state index in [1.165, 1.54) is 11.0 Å². The van der Waals surface area contributed by atoms with Gasteiger partial charge in [-0.05, 0) is 12.1 Å². The van der Waals surface area contributed by atoms with Crippen LogP contribution in [0.5, 0.6) is 0 Å². The number of para-hydroxylation sites is 1. The van der Waals surface area contributed by atoms with E-state index in [0.29, 0.717) is 5.69 Å². The molecule has 0 saturated heterocycles. The summed E-state index contributed by atoms with van der Waals surface area (Å²) in [6, 6.07) is 8.78. The summed E-state index contributed by atoms with van der Waals surface area (Å²) < 4.78 is 26.4. The fourth-order valence-corrected chi connectivity index (χ4v) is 3.21. The molecule has 13 heteroatoms. The van der Waals surface area contributed by atoms with Crippen molar-refractivity contribution < 1.29 is 47.7 Å². The van der Waals surface area contributed by atoms with Crippen molar-refractivity contribution in [3.8, 4) is 5.69 Å². The lowest BCUT2D eigenvalue weighted by Crippen LogP contribution is -2.50. The molecule has 0 bridgehead atoms. The van der Waals surface area contributed by atoms with Crippen LogP contribution < -0.4 is 0 Å². The summed E-state index contributed by atoms with van der Waals surface area (Å²) in [6.45, 7) is 4.93. The number of carbonyl (C=O) groups excluding carboxylic acids is 5. The zero-order valence-corrected chi connectivity index (χ0v) is 20.4. The molecule has 0 unspecified atom stereocenters. The minimum atomic E-state index is -1.57. The highest BCUT2D eigenvalue weighted by molar-refractivity contribution is 5.69. The Balaban J connectivity index is 2.60. The Bertz CT molecular complexity index is 1080. The molecule has 0 aliphatic carbocycles. The molecule has 194 valence electrons. The van der Waals surface area contributed by atoms with Crippen LogP contribution in [0.25, 0.3) is 5.69 Å². The third kappa shape index (κ3) is 8.49. The lowest BCUT2D eigenvalue weighted by atomic mass is 10.00. The van der Waals surface area contributed by atoms with Gasteiger partial charge in [0.1, 0.15) is 12.3 Å². The molecule has 0 amide bonds. The van der Waals surface area contributed by atoms with Crippen LogP contribution in [-0.2, 0) is 47.7 Å². The fourth-order valence-electron chi connectivity index (χ4n) is 3.21. The van der Waals surface area contributed by atoms with Crippen molar-refractivity contribution in [2.45, 2.75) is 59.0 Å². The summed E-state index contributed by atoms with van der Waals surface area (Å²) in [5.41, 5.74) is 0.616. The van der Waals surface area contributed by atoms with Crippen LogP contribution in [0.15, 0.2) is 36.5 Å². The van der Waals surface area contributed by atoms with E-state index in [1.54, 1.807) is 30.3 Å². The van der Waals surface area contributed by atoms with Gasteiger partial charge in [-0.2, -0.15) is 9.90 Å². The van der Waals surface area contributed by atoms with Crippen molar-refractivity contribution >= 4 is 29.8 Å². The molecule has 0 fully saturated rings. The normalized spacial score (nSPS) is 13.9. The van der Waals surface area contributed by atoms with E-state index in [2.05, 4.69) is 10.2 Å². The van der Waals surface area contributed by atoms with Gasteiger partial charge < -0.3 is 23.7 Å². The fraction of sp³-hybridized carbons (Fsp3) is 0.435. The molecular weight excluding hydrogens is 478 g/mol. The van der Waals surface area contributed by atoms with Gasteiger partial charge >= 0.3 is 29.8 Å². The van der Waals surface area contributed by atoms with Crippen molar-refractivity contribution in [2.24, 2.45) is 0 Å². The lowest BCUT2D eigenvalue weighted by Gasteiger charge is -2.34. The molecule has 13 nitrogen and oxygen atoms in total. The van der Waals surface area contributed by atoms with Crippen molar-refractivity contribution in [1.82, 2.24) is 15.0 Å². The summed E-state index contributed by atoms with van der Waals surface area (Å²) in [6.07, 6.45) is -4.75. The summed E-state index contributed by atoms with van der Waals surface area (Å²) in [7, 11) is 0. The first-order chi connectivity index (χ1) is 17.0. The zero-order chi connectivity index (χ0) is 26.8. The number of ether oxygens (including phenoxy) is 5. The maximum absolute atomic E-state index is 12.1. The van der Waals surface area contributed by atoms with Crippen molar-refractivity contribution in [3.63, 3.8) is 0 Å². The largest absolute Gasteiger partial charge is 0.462 e. The monoisotopic (exact) mass is 505 g/mol. The van der Waals surface area contributed by atoms with Gasteiger partial charge in [0.15, 0.2) is 24.4 Å². The van der Waals surface area contributed by atoms with E-state index >= 15 is 0 Å². The second-order valence-corrected chi connectivity index (χ2v) is 7.52. The molecule has 0 radical (unpaired) electrons. The standard InChI is InChI=1S/C23H27N3O10/c1-13(27)32-12-20(33-14(2)28)22(35-16(4)30)23(36-17(5)31)21(34-15(3)29)19-11-24-26(25-19)18-9-7-6-8-10-18/h6-11,20-23H,12H2,1-5H3/t20-,21-,22+,23-/m1/s1. The van der Waals surface area contributed by atoms with E-state index < -0.39 is 60.9 Å². The molecule has 4 atom stereocenters. The minimum Gasteiger partial charge on any atom is -0.462 e. The minimum absolute atomic E-state index is 0.0338. The van der Waals surface area contributed by atoms with E-state index in [0.717, 1.165) is 34.6 Å². The first kappa shape index (κ1) is 28.0. The van der Waals surface area contributed by atoms with Gasteiger partial charge in [0.25, 0.3) is 0 Å². The van der Waals surface area contributed by atoms with Crippen LogP contribution >= 0.6 is 0 Å². The van der Waals surface area contributed by atoms with Gasteiger partial charge in [-0.15, -0.1) is 5.10 Å². The Morgan fingerprint density at radius 3 is 1.83 bits per heavy atom. The van der Waals surface area contributed by atoms with Crippen LogP contribution in [0.3, 0.4) is 0 Å². The number of hydrogen-bond acceptors (Lipinski definition) is 12. The highest BCUT2D eigenvalue weighted by Gasteiger charge is 2.45. The molecule has 0 saturated carbocycles. The maximum Gasteiger partial charge on any atom is 0.303 e. The van der Waals surface area contributed by atoms with Gasteiger partial charge in [-0.25, -0.2) is 0 Å². The smallest absolute Gasteiger partial charge is 0.303 e. The molecule has 0 spiro atoms. The van der Waals surface area contributed by atoms with Crippen LogP contribution in [-0.4, -0.2) is 69.8 Å². The summed E-state index contributed by atoms with van der Waals surface area (Å²) in [5.74, 6) is -3.97. The molecule has 1 heterocycles. The van der Waals surface area contributed by atoms with Crippen LogP contribution in [0, 0.1) is 0 Å². The van der Waals surface area contributed by atoms with E-state index in [-0.39, 0.29) is 5.69 Å². The SMILES string of the molecule is CC(=O)OC[C@@H](OC(C)=O)[C@H](OC(C)=O)[C@H](OC(C)=O)[C@H](OC(C)=O)c1cnn(-c2ccccc2)n1. The second kappa shape index (κ2) is 13.0. The van der Waals surface area contributed by atoms with Gasteiger partial charge in [-0.1, -0.05) is 18.2 Å². The Morgan fingerprint density at radius 2 is 1.31 bits per heavy atom. The molecule has 1 aromatic carbocycles. The molecule has 1 aromatic heterocycles. The van der Waals surface area contributed by atoms with Gasteiger partial charge in [0.05, 0.1) is 11.9 Å². The van der Waals surface area contributed by atoms with Crippen molar-refractivity contribution in [2.75, 3.05) is 6.61 Å². The number of nitrogens with zero attached hydrogens (tertiary/aromatic N) is 3. The van der Waals surface area contributed by atoms with Crippen molar-refractivity contribution in [1.29, 1.82) is 0 Å². The second-order valence-electron chi connectivity index (χ2n) is 7.52. The van der Waals surface area contributed by atoms with E-state index in [1.807, 2.05) is 0 Å². The number of carbonyl (C=O) groups is 5. The predicted molar refractivity (Wildman–Crippen MR) is 119 cm³/mol. The molecule has 0 N–H and O–H groups in total. The topological polar surface area (TPSA) is 162 Å². The van der Waals surface area contributed by atoms with E-state index in [9.17, 15) is 24.0 Å². The number of esters is 5. The van der Waals surface area contributed by atoms with Crippen LogP contribution in [0.2, 0.25) is 0 Å². The molecule has 0 aliphatic rings. The Morgan fingerprint density at radius 1 is 0.750 bits per heavy atom. The number of hydrogen-bond donors (Lipinski definition) is 0. The first-order valence-corrected chi connectivity index (χ1v) is 10.8. The Kier molecular flexibility index (Phi) is 10.1. The van der Waals surface area contributed by atoms with Gasteiger partial charge in [-0.3, -0.25) is 24.0 Å². The predicted octanol–water partition coefficient (Wildman–Crippen LogP) is 1.23. The maximum atomic E-state index is 12.1. The molecule has 0 aliphatic heterocycles. The van der Waals surface area contributed by atoms with Crippen LogP contribution in [0.1, 0.15) is 46.4 Å². The average molecular weight is 505 g/mol. The highest BCUT2D eigenvalue weighted by Crippen LogP contribution is 2.29.